The van der Waals surface area contributed by atoms with Crippen LogP contribution in [0, 0.1) is 0 Å². The van der Waals surface area contributed by atoms with Gasteiger partial charge in [0.2, 0.25) is 11.7 Å². The number of benzene rings is 2. The van der Waals surface area contributed by atoms with Crippen molar-refractivity contribution in [3.63, 3.8) is 0 Å². The number of carbonyl (C=O) groups is 2. The highest BCUT2D eigenvalue weighted by Gasteiger charge is 2.28. The summed E-state index contributed by atoms with van der Waals surface area (Å²) < 4.78 is 16.8. The van der Waals surface area contributed by atoms with E-state index in [1.54, 1.807) is 30.3 Å². The van der Waals surface area contributed by atoms with Crippen molar-refractivity contribution >= 4 is 56.9 Å². The van der Waals surface area contributed by atoms with Crippen LogP contribution in [0.4, 0.5) is 0 Å². The van der Waals surface area contributed by atoms with Crippen LogP contribution in [-0.4, -0.2) is 17.8 Å². The van der Waals surface area contributed by atoms with Crippen LogP contribution >= 0.6 is 22.9 Å². The van der Waals surface area contributed by atoms with Gasteiger partial charge in [-0.2, -0.15) is 0 Å². The second kappa shape index (κ2) is 7.86. The summed E-state index contributed by atoms with van der Waals surface area (Å²) >= 11 is 7.87. The molecule has 8 heteroatoms. The van der Waals surface area contributed by atoms with Crippen LogP contribution in [0.1, 0.15) is 21.0 Å². The number of fused-ring (bicyclic) bond motifs is 1. The molecular weight excluding hydrogens is 438 g/mol. The summed E-state index contributed by atoms with van der Waals surface area (Å²) in [6.45, 7) is 0. The SMILES string of the molecule is O=C1OC(c2sc3ccccc3c2Cl)=N/C1=C/c1ccccc1OC(=O)c1ccco1. The summed E-state index contributed by atoms with van der Waals surface area (Å²) in [4.78, 5) is 29.6. The highest BCUT2D eigenvalue weighted by molar-refractivity contribution is 7.21. The average molecular weight is 450 g/mol. The number of ether oxygens (including phenoxy) is 2. The zero-order valence-corrected chi connectivity index (χ0v) is 17.3. The minimum absolute atomic E-state index is 0.0717. The molecule has 2 aromatic heterocycles. The number of thiophene rings is 1. The first-order valence-electron chi connectivity index (χ1n) is 9.15. The molecule has 0 bridgehead atoms. The maximum atomic E-state index is 12.4. The van der Waals surface area contributed by atoms with Gasteiger partial charge in [-0.05, 0) is 30.3 Å². The molecule has 0 radical (unpaired) electrons. The van der Waals surface area contributed by atoms with Gasteiger partial charge in [-0.25, -0.2) is 14.6 Å². The third-order valence-electron chi connectivity index (χ3n) is 4.49. The zero-order chi connectivity index (χ0) is 21.4. The molecule has 2 aromatic carbocycles. The van der Waals surface area contributed by atoms with Crippen LogP contribution in [0.3, 0.4) is 0 Å². The van der Waals surface area contributed by atoms with Gasteiger partial charge in [0.25, 0.3) is 0 Å². The summed E-state index contributed by atoms with van der Waals surface area (Å²) in [6.07, 6.45) is 2.88. The Morgan fingerprint density at radius 1 is 1.06 bits per heavy atom. The van der Waals surface area contributed by atoms with E-state index in [1.165, 1.54) is 29.7 Å². The largest absolute Gasteiger partial charge is 0.457 e. The lowest BCUT2D eigenvalue weighted by Gasteiger charge is -2.06. The van der Waals surface area contributed by atoms with Crippen molar-refractivity contribution in [2.45, 2.75) is 0 Å². The van der Waals surface area contributed by atoms with Gasteiger partial charge in [0, 0.05) is 15.6 Å². The smallest absolute Gasteiger partial charge is 0.379 e. The van der Waals surface area contributed by atoms with E-state index in [4.69, 9.17) is 25.5 Å². The first-order valence-corrected chi connectivity index (χ1v) is 10.3. The Kier molecular flexibility index (Phi) is 4.89. The topological polar surface area (TPSA) is 78.1 Å². The van der Waals surface area contributed by atoms with E-state index in [0.29, 0.717) is 15.5 Å². The van der Waals surface area contributed by atoms with Crippen LogP contribution < -0.4 is 4.74 Å². The normalized spacial score (nSPS) is 14.7. The minimum atomic E-state index is -0.647. The molecule has 6 nitrogen and oxygen atoms in total. The molecule has 0 unspecified atom stereocenters. The first-order chi connectivity index (χ1) is 15.1. The van der Waals surface area contributed by atoms with Crippen LogP contribution in [0.25, 0.3) is 16.2 Å². The number of esters is 2. The number of halogens is 1. The van der Waals surface area contributed by atoms with Gasteiger partial charge >= 0.3 is 11.9 Å². The van der Waals surface area contributed by atoms with Gasteiger partial charge < -0.3 is 13.9 Å². The number of nitrogens with zero attached hydrogens (tertiary/aromatic N) is 1. The number of para-hydroxylation sites is 1. The maximum absolute atomic E-state index is 12.4. The summed E-state index contributed by atoms with van der Waals surface area (Å²) in [5, 5.41) is 1.36. The molecule has 0 saturated heterocycles. The number of furan rings is 1. The Morgan fingerprint density at radius 2 is 1.87 bits per heavy atom. The van der Waals surface area contributed by atoms with Gasteiger partial charge in [0.15, 0.2) is 5.70 Å². The molecule has 4 aromatic rings. The molecular formula is C23H12ClNO5S. The van der Waals surface area contributed by atoms with Gasteiger partial charge in [-0.3, -0.25) is 0 Å². The fourth-order valence-electron chi connectivity index (χ4n) is 3.04. The van der Waals surface area contributed by atoms with Crippen molar-refractivity contribution in [3.8, 4) is 5.75 Å². The molecule has 0 spiro atoms. The molecule has 1 aliphatic heterocycles. The zero-order valence-electron chi connectivity index (χ0n) is 15.7. The Bertz CT molecular complexity index is 1380. The van der Waals surface area contributed by atoms with Crippen molar-refractivity contribution in [2.24, 2.45) is 4.99 Å². The second-order valence-corrected chi connectivity index (χ2v) is 7.91. The summed E-state index contributed by atoms with van der Waals surface area (Å²) in [5.74, 6) is -0.788. The lowest BCUT2D eigenvalue weighted by molar-refractivity contribution is -0.129. The second-order valence-electron chi connectivity index (χ2n) is 6.48. The molecule has 0 N–H and O–H groups in total. The van der Waals surface area contributed by atoms with E-state index in [9.17, 15) is 9.59 Å². The Hall–Kier alpha value is -3.68. The fraction of sp³-hybridized carbons (Fsp3) is 0. The van der Waals surface area contributed by atoms with Crippen molar-refractivity contribution in [1.82, 2.24) is 0 Å². The molecule has 0 saturated carbocycles. The van der Waals surface area contributed by atoms with Gasteiger partial charge in [-0.15, -0.1) is 11.3 Å². The predicted octanol–water partition coefficient (Wildman–Crippen LogP) is 5.71. The quantitative estimate of drug-likeness (QED) is 0.226. The molecule has 0 aliphatic carbocycles. The summed E-state index contributed by atoms with van der Waals surface area (Å²) in [7, 11) is 0. The molecule has 0 atom stereocenters. The third-order valence-corrected chi connectivity index (χ3v) is 6.15. The lowest BCUT2D eigenvalue weighted by atomic mass is 10.1. The molecule has 0 amide bonds. The summed E-state index contributed by atoms with van der Waals surface area (Å²) in [5.41, 5.74) is 0.562. The number of hydrogen-bond donors (Lipinski definition) is 0. The Morgan fingerprint density at radius 3 is 2.68 bits per heavy atom. The van der Waals surface area contributed by atoms with E-state index in [2.05, 4.69) is 4.99 Å². The number of aliphatic imine (C=N–C) groups is 1. The minimum Gasteiger partial charge on any atom is -0.457 e. The maximum Gasteiger partial charge on any atom is 0.379 e. The van der Waals surface area contributed by atoms with Crippen LogP contribution in [-0.2, 0) is 9.53 Å². The van der Waals surface area contributed by atoms with Gasteiger partial charge in [0.1, 0.15) is 10.6 Å². The van der Waals surface area contributed by atoms with Crippen molar-refractivity contribution in [1.29, 1.82) is 0 Å². The van der Waals surface area contributed by atoms with E-state index in [0.717, 1.165) is 10.1 Å². The average Bonchev–Trinajstić information content (AvgIpc) is 3.50. The van der Waals surface area contributed by atoms with E-state index in [-0.39, 0.29) is 23.1 Å². The Balaban J connectivity index is 1.48. The lowest BCUT2D eigenvalue weighted by Crippen LogP contribution is -2.08. The van der Waals surface area contributed by atoms with Gasteiger partial charge in [0.05, 0.1) is 11.3 Å². The van der Waals surface area contributed by atoms with Crippen LogP contribution in [0.5, 0.6) is 5.75 Å². The highest BCUT2D eigenvalue weighted by atomic mass is 35.5. The number of rotatable bonds is 4. The molecule has 0 fully saturated rings. The summed E-state index contributed by atoms with van der Waals surface area (Å²) in [6, 6.07) is 17.5. The molecule has 152 valence electrons. The molecule has 31 heavy (non-hydrogen) atoms. The number of hydrogen-bond acceptors (Lipinski definition) is 7. The fourth-order valence-corrected chi connectivity index (χ4v) is 4.48. The first kappa shape index (κ1) is 19.3. The molecule has 1 aliphatic rings. The monoisotopic (exact) mass is 449 g/mol. The van der Waals surface area contributed by atoms with Crippen molar-refractivity contribution < 1.29 is 23.5 Å². The molecule has 3 heterocycles. The number of carbonyl (C=O) groups excluding carboxylic acids is 2. The van der Waals surface area contributed by atoms with Crippen molar-refractivity contribution in [2.75, 3.05) is 0 Å². The van der Waals surface area contributed by atoms with Crippen LogP contribution in [0.2, 0.25) is 5.02 Å². The van der Waals surface area contributed by atoms with E-state index < -0.39 is 11.9 Å². The Labute approximate surface area is 185 Å². The van der Waals surface area contributed by atoms with Crippen LogP contribution in [0.15, 0.2) is 82.0 Å². The van der Waals surface area contributed by atoms with Gasteiger partial charge in [-0.1, -0.05) is 48.0 Å². The van der Waals surface area contributed by atoms with Crippen molar-refractivity contribution in [3.05, 3.63) is 93.8 Å². The highest BCUT2D eigenvalue weighted by Crippen LogP contribution is 2.37. The number of cyclic esters (lactones) is 1. The third kappa shape index (κ3) is 3.65. The van der Waals surface area contributed by atoms with E-state index >= 15 is 0 Å². The standard InChI is InChI=1S/C23H12ClNO5S/c24-19-14-7-2-4-10-18(14)31-20(19)21-25-15(22(26)30-21)12-13-6-1-3-8-16(13)29-23(27)17-9-5-11-28-17/h1-12H/b15-12+. The van der Waals surface area contributed by atoms with E-state index in [1.807, 2.05) is 24.3 Å². The molecule has 5 rings (SSSR count). The predicted molar refractivity (Wildman–Crippen MR) is 118 cm³/mol.